The molecule has 0 aromatic heterocycles. The average Bonchev–Trinajstić information content (AvgIpc) is 3.30. The van der Waals surface area contributed by atoms with E-state index in [9.17, 15) is 4.79 Å². The van der Waals surface area contributed by atoms with Gasteiger partial charge in [-0.05, 0) is 44.6 Å². The average molecular weight is 321 g/mol. The molecule has 0 bridgehead atoms. The molecule has 0 radical (unpaired) electrons. The van der Waals surface area contributed by atoms with E-state index in [0.29, 0.717) is 5.92 Å². The van der Waals surface area contributed by atoms with E-state index in [0.717, 1.165) is 38.6 Å². The van der Waals surface area contributed by atoms with Crippen LogP contribution in [0.3, 0.4) is 0 Å². The van der Waals surface area contributed by atoms with E-state index in [-0.39, 0.29) is 23.3 Å². The Morgan fingerprint density at radius 1 is 1.30 bits per heavy atom. The smallest absolute Gasteiger partial charge is 0.241 e. The maximum Gasteiger partial charge on any atom is 0.241 e. The summed E-state index contributed by atoms with van der Waals surface area (Å²) in [7, 11) is 0. The molecule has 4 aliphatic rings. The standard InChI is InChI=1S/C18H31N3O2/c1-17(2)15-14(4-3-9-23-15)18(17,19)16(22)20-10-12-7-8-21(11-12)13-5-6-13/h12-15H,3-11,19H2,1-2H3,(H,20,22). The van der Waals surface area contributed by atoms with Gasteiger partial charge in [0.1, 0.15) is 5.54 Å². The van der Waals surface area contributed by atoms with Crippen LogP contribution >= 0.6 is 0 Å². The SMILES string of the molecule is CC1(C)C2OCCCC2C1(N)C(=O)NCC1CCN(C2CC2)C1. The summed E-state index contributed by atoms with van der Waals surface area (Å²) in [5, 5.41) is 3.19. The molecule has 4 atom stereocenters. The van der Waals surface area contributed by atoms with Gasteiger partial charge in [0.05, 0.1) is 6.10 Å². The van der Waals surface area contributed by atoms with Crippen molar-refractivity contribution < 1.29 is 9.53 Å². The van der Waals surface area contributed by atoms with Crippen molar-refractivity contribution in [3.05, 3.63) is 0 Å². The van der Waals surface area contributed by atoms with Crippen molar-refractivity contribution in [2.24, 2.45) is 23.0 Å². The van der Waals surface area contributed by atoms with Gasteiger partial charge in [-0.25, -0.2) is 0 Å². The molecule has 2 saturated heterocycles. The number of amides is 1. The molecule has 4 unspecified atom stereocenters. The van der Waals surface area contributed by atoms with Gasteiger partial charge in [-0.15, -0.1) is 0 Å². The highest BCUT2D eigenvalue weighted by Crippen LogP contribution is 2.57. The van der Waals surface area contributed by atoms with Crippen LogP contribution in [-0.4, -0.2) is 54.7 Å². The molecule has 1 amide bonds. The number of ether oxygens (including phenoxy) is 1. The Kier molecular flexibility index (Phi) is 3.74. The molecule has 2 heterocycles. The maximum atomic E-state index is 12.9. The van der Waals surface area contributed by atoms with Crippen molar-refractivity contribution in [1.29, 1.82) is 0 Å². The molecule has 130 valence electrons. The molecule has 4 fully saturated rings. The van der Waals surface area contributed by atoms with Gasteiger partial charge in [0.15, 0.2) is 0 Å². The monoisotopic (exact) mass is 321 g/mol. The lowest BCUT2D eigenvalue weighted by molar-refractivity contribution is -0.225. The van der Waals surface area contributed by atoms with Gasteiger partial charge in [0.2, 0.25) is 5.91 Å². The van der Waals surface area contributed by atoms with E-state index >= 15 is 0 Å². The Bertz CT molecular complexity index is 491. The molecular weight excluding hydrogens is 290 g/mol. The predicted octanol–water partition coefficient (Wildman–Crippen LogP) is 1.12. The summed E-state index contributed by atoms with van der Waals surface area (Å²) in [6.45, 7) is 8.09. The Hall–Kier alpha value is -0.650. The van der Waals surface area contributed by atoms with E-state index < -0.39 is 5.54 Å². The number of nitrogens with zero attached hydrogens (tertiary/aromatic N) is 1. The number of hydrogen-bond acceptors (Lipinski definition) is 4. The number of likely N-dealkylation sites (tertiary alicyclic amines) is 1. The molecule has 0 aromatic carbocycles. The van der Waals surface area contributed by atoms with Gasteiger partial charge in [-0.3, -0.25) is 4.79 Å². The minimum Gasteiger partial charge on any atom is -0.377 e. The molecule has 5 nitrogen and oxygen atoms in total. The molecule has 2 saturated carbocycles. The summed E-state index contributed by atoms with van der Waals surface area (Å²) in [5.41, 5.74) is 5.60. The summed E-state index contributed by atoms with van der Waals surface area (Å²) in [5.74, 6) is 0.807. The third-order valence-electron chi connectivity index (χ3n) is 6.99. The second-order valence-corrected chi connectivity index (χ2v) is 8.72. The molecule has 4 rings (SSSR count). The van der Waals surface area contributed by atoms with Crippen LogP contribution in [0.15, 0.2) is 0 Å². The summed E-state index contributed by atoms with van der Waals surface area (Å²) in [6.07, 6.45) is 6.10. The largest absolute Gasteiger partial charge is 0.377 e. The van der Waals surface area contributed by atoms with Gasteiger partial charge < -0.3 is 20.7 Å². The van der Waals surface area contributed by atoms with Crippen molar-refractivity contribution in [2.75, 3.05) is 26.2 Å². The first-order valence-electron chi connectivity index (χ1n) is 9.37. The summed E-state index contributed by atoms with van der Waals surface area (Å²) >= 11 is 0. The summed E-state index contributed by atoms with van der Waals surface area (Å²) in [6, 6.07) is 0.835. The van der Waals surface area contributed by atoms with Crippen LogP contribution in [0, 0.1) is 17.3 Å². The molecule has 2 aliphatic heterocycles. The second kappa shape index (κ2) is 5.43. The fraction of sp³-hybridized carbons (Fsp3) is 0.944. The van der Waals surface area contributed by atoms with Crippen LogP contribution in [0.5, 0.6) is 0 Å². The zero-order chi connectivity index (χ0) is 16.2. The van der Waals surface area contributed by atoms with E-state index in [1.54, 1.807) is 0 Å². The lowest BCUT2D eigenvalue weighted by Crippen LogP contribution is -2.82. The zero-order valence-corrected chi connectivity index (χ0v) is 14.5. The second-order valence-electron chi connectivity index (χ2n) is 8.72. The van der Waals surface area contributed by atoms with Gasteiger partial charge in [-0.2, -0.15) is 0 Å². The number of nitrogens with one attached hydrogen (secondary N) is 1. The molecule has 5 heteroatoms. The lowest BCUT2D eigenvalue weighted by Gasteiger charge is -2.65. The Labute approximate surface area is 139 Å². The molecule has 0 spiro atoms. The molecule has 3 N–H and O–H groups in total. The first kappa shape index (κ1) is 15.9. The minimum atomic E-state index is -0.771. The zero-order valence-electron chi connectivity index (χ0n) is 14.5. The van der Waals surface area contributed by atoms with Gasteiger partial charge in [0.25, 0.3) is 0 Å². The van der Waals surface area contributed by atoms with Crippen LogP contribution in [0.4, 0.5) is 0 Å². The minimum absolute atomic E-state index is 0.0409. The number of carbonyl (C=O) groups excluding carboxylic acids is 1. The van der Waals surface area contributed by atoms with Crippen molar-refractivity contribution >= 4 is 5.91 Å². The van der Waals surface area contributed by atoms with Gasteiger partial charge in [0, 0.05) is 37.1 Å². The Morgan fingerprint density at radius 3 is 2.83 bits per heavy atom. The normalized spacial score (nSPS) is 42.8. The highest BCUT2D eigenvalue weighted by atomic mass is 16.5. The van der Waals surface area contributed by atoms with Gasteiger partial charge in [-0.1, -0.05) is 13.8 Å². The van der Waals surface area contributed by atoms with E-state index in [2.05, 4.69) is 24.1 Å². The van der Waals surface area contributed by atoms with E-state index in [4.69, 9.17) is 10.5 Å². The molecular formula is C18H31N3O2. The quantitative estimate of drug-likeness (QED) is 0.814. The number of fused-ring (bicyclic) bond motifs is 1. The molecule has 23 heavy (non-hydrogen) atoms. The third kappa shape index (κ3) is 2.35. The fourth-order valence-electron chi connectivity index (χ4n) is 5.22. The van der Waals surface area contributed by atoms with E-state index in [1.807, 2.05) is 0 Å². The first-order chi connectivity index (χ1) is 10.9. The van der Waals surface area contributed by atoms with Crippen molar-refractivity contribution in [1.82, 2.24) is 10.2 Å². The van der Waals surface area contributed by atoms with Crippen molar-refractivity contribution in [3.63, 3.8) is 0 Å². The third-order valence-corrected chi connectivity index (χ3v) is 6.99. The van der Waals surface area contributed by atoms with Crippen molar-refractivity contribution in [3.8, 4) is 0 Å². The predicted molar refractivity (Wildman–Crippen MR) is 88.9 cm³/mol. The van der Waals surface area contributed by atoms with Crippen LogP contribution in [0.2, 0.25) is 0 Å². The number of hydrogen-bond donors (Lipinski definition) is 2. The van der Waals surface area contributed by atoms with E-state index in [1.165, 1.54) is 25.8 Å². The van der Waals surface area contributed by atoms with Crippen LogP contribution in [0.1, 0.15) is 46.0 Å². The molecule has 2 aliphatic carbocycles. The van der Waals surface area contributed by atoms with Crippen molar-refractivity contribution in [2.45, 2.75) is 63.6 Å². The van der Waals surface area contributed by atoms with Crippen LogP contribution < -0.4 is 11.1 Å². The highest BCUT2D eigenvalue weighted by molar-refractivity contribution is 5.89. The summed E-state index contributed by atoms with van der Waals surface area (Å²) in [4.78, 5) is 15.5. The Morgan fingerprint density at radius 2 is 2.09 bits per heavy atom. The summed E-state index contributed by atoms with van der Waals surface area (Å²) < 4.78 is 5.90. The van der Waals surface area contributed by atoms with Gasteiger partial charge >= 0.3 is 0 Å². The fourth-order valence-corrected chi connectivity index (χ4v) is 5.22. The number of carbonyl (C=O) groups is 1. The lowest BCUT2D eigenvalue weighted by atomic mass is 9.46. The molecule has 0 aromatic rings. The number of rotatable bonds is 4. The highest BCUT2D eigenvalue weighted by Gasteiger charge is 2.70. The Balaban J connectivity index is 1.35. The maximum absolute atomic E-state index is 12.9. The van der Waals surface area contributed by atoms with Crippen LogP contribution in [0.25, 0.3) is 0 Å². The topological polar surface area (TPSA) is 67.6 Å². The number of nitrogens with two attached hydrogens (primary N) is 1. The first-order valence-corrected chi connectivity index (χ1v) is 9.37. The van der Waals surface area contributed by atoms with Crippen LogP contribution in [-0.2, 0) is 9.53 Å².